The molecule has 0 atom stereocenters. The smallest absolute Gasteiger partial charge is 0.339 e. The van der Waals surface area contributed by atoms with E-state index in [9.17, 15) is 15.0 Å². The minimum absolute atomic E-state index is 0.0700. The van der Waals surface area contributed by atoms with E-state index in [0.29, 0.717) is 28.2 Å². The average Bonchev–Trinajstić information content (AvgIpc) is 3.18. The van der Waals surface area contributed by atoms with Crippen molar-refractivity contribution in [2.24, 2.45) is 0 Å². The molecule has 152 valence electrons. The molecule has 0 aliphatic heterocycles. The Labute approximate surface area is 178 Å². The van der Waals surface area contributed by atoms with Gasteiger partial charge in [0.1, 0.15) is 11.2 Å². The molecule has 4 N–H and O–H groups in total. The number of halogens is 1. The van der Waals surface area contributed by atoms with E-state index in [0.717, 1.165) is 28.1 Å². The standard InChI is InChI=1S/C23H20ClN3O3/c1-2-16-14(12-28)4-3-5-19(16)26-21-17-10-20(13-6-8-15(24)9-7-13)27-22(17)25-11-18(21)23(29)30/h3-11,28H,2,12H2,1H3,(H,29,30)(H2,25,26,27). The maximum atomic E-state index is 11.9. The van der Waals surface area contributed by atoms with E-state index in [-0.39, 0.29) is 12.2 Å². The maximum absolute atomic E-state index is 11.9. The van der Waals surface area contributed by atoms with Crippen LogP contribution in [0.3, 0.4) is 0 Å². The number of aliphatic hydroxyl groups is 1. The van der Waals surface area contributed by atoms with Crippen LogP contribution < -0.4 is 5.32 Å². The summed E-state index contributed by atoms with van der Waals surface area (Å²) in [7, 11) is 0. The lowest BCUT2D eigenvalue weighted by Gasteiger charge is -2.16. The first-order valence-corrected chi connectivity index (χ1v) is 9.89. The summed E-state index contributed by atoms with van der Waals surface area (Å²) in [5, 5.41) is 24.0. The second-order valence-corrected chi connectivity index (χ2v) is 7.32. The highest BCUT2D eigenvalue weighted by atomic mass is 35.5. The first kappa shape index (κ1) is 19.9. The fraction of sp³-hybridized carbons (Fsp3) is 0.130. The summed E-state index contributed by atoms with van der Waals surface area (Å²) in [6.45, 7) is 1.91. The molecule has 0 saturated carbocycles. The van der Waals surface area contributed by atoms with E-state index < -0.39 is 5.97 Å². The molecule has 7 heteroatoms. The molecule has 0 bridgehead atoms. The van der Waals surface area contributed by atoms with Gasteiger partial charge >= 0.3 is 5.97 Å². The van der Waals surface area contributed by atoms with Crippen LogP contribution in [0.5, 0.6) is 0 Å². The summed E-state index contributed by atoms with van der Waals surface area (Å²) < 4.78 is 0. The predicted molar refractivity (Wildman–Crippen MR) is 119 cm³/mol. The molecular formula is C23H20ClN3O3. The third-order valence-corrected chi connectivity index (χ3v) is 5.35. The molecule has 30 heavy (non-hydrogen) atoms. The third kappa shape index (κ3) is 3.63. The quantitative estimate of drug-likeness (QED) is 0.335. The first-order chi connectivity index (χ1) is 14.5. The Morgan fingerprint density at radius 1 is 1.20 bits per heavy atom. The van der Waals surface area contributed by atoms with Crippen molar-refractivity contribution in [1.82, 2.24) is 9.97 Å². The topological polar surface area (TPSA) is 98.2 Å². The minimum atomic E-state index is -1.07. The van der Waals surface area contributed by atoms with E-state index in [1.54, 1.807) is 12.1 Å². The lowest BCUT2D eigenvalue weighted by atomic mass is 10.0. The molecule has 4 aromatic rings. The Hall–Kier alpha value is -3.35. The van der Waals surface area contributed by atoms with Crippen molar-refractivity contribution in [1.29, 1.82) is 0 Å². The molecular weight excluding hydrogens is 402 g/mol. The zero-order chi connectivity index (χ0) is 21.3. The van der Waals surface area contributed by atoms with Crippen molar-refractivity contribution in [3.63, 3.8) is 0 Å². The molecule has 2 aromatic heterocycles. The van der Waals surface area contributed by atoms with Crippen LogP contribution in [0.2, 0.25) is 5.02 Å². The van der Waals surface area contributed by atoms with Gasteiger partial charge in [-0.15, -0.1) is 0 Å². The normalized spacial score (nSPS) is 11.0. The van der Waals surface area contributed by atoms with E-state index >= 15 is 0 Å². The van der Waals surface area contributed by atoms with Gasteiger partial charge < -0.3 is 20.5 Å². The number of carbonyl (C=O) groups is 1. The van der Waals surface area contributed by atoms with E-state index in [1.807, 2.05) is 43.3 Å². The number of aromatic nitrogens is 2. The van der Waals surface area contributed by atoms with Crippen molar-refractivity contribution < 1.29 is 15.0 Å². The number of pyridine rings is 1. The van der Waals surface area contributed by atoms with Crippen LogP contribution in [0.25, 0.3) is 22.3 Å². The number of H-pyrrole nitrogens is 1. The van der Waals surface area contributed by atoms with Gasteiger partial charge in [-0.25, -0.2) is 9.78 Å². The minimum Gasteiger partial charge on any atom is -0.478 e. The third-order valence-electron chi connectivity index (χ3n) is 5.10. The van der Waals surface area contributed by atoms with Crippen molar-refractivity contribution in [2.75, 3.05) is 5.32 Å². The predicted octanol–water partition coefficient (Wildman–Crippen LogP) is 5.38. The van der Waals surface area contributed by atoms with E-state index in [2.05, 4.69) is 15.3 Å². The Balaban J connectivity index is 1.88. The fourth-order valence-corrected chi connectivity index (χ4v) is 3.73. The summed E-state index contributed by atoms with van der Waals surface area (Å²) in [6, 6.07) is 14.8. The number of carboxylic acid groups (broad SMARTS) is 1. The first-order valence-electron chi connectivity index (χ1n) is 9.51. The Bertz CT molecular complexity index is 1230. The van der Waals surface area contributed by atoms with Crippen LogP contribution in [-0.4, -0.2) is 26.2 Å². The number of fused-ring (bicyclic) bond motifs is 1. The molecule has 0 aliphatic rings. The van der Waals surface area contributed by atoms with Crippen LogP contribution in [0, 0.1) is 0 Å². The van der Waals surface area contributed by atoms with Crippen molar-refractivity contribution in [3.05, 3.63) is 76.4 Å². The second kappa shape index (κ2) is 8.18. The fourth-order valence-electron chi connectivity index (χ4n) is 3.61. The van der Waals surface area contributed by atoms with Gasteiger partial charge in [-0.1, -0.05) is 42.8 Å². The molecule has 0 amide bonds. The van der Waals surface area contributed by atoms with Crippen LogP contribution in [0.1, 0.15) is 28.4 Å². The summed E-state index contributed by atoms with van der Waals surface area (Å²) in [4.78, 5) is 19.5. The Morgan fingerprint density at radius 3 is 2.63 bits per heavy atom. The highest BCUT2D eigenvalue weighted by Gasteiger charge is 2.18. The number of nitrogens with zero attached hydrogens (tertiary/aromatic N) is 1. The van der Waals surface area contributed by atoms with Gasteiger partial charge in [0.25, 0.3) is 0 Å². The molecule has 0 fully saturated rings. The van der Waals surface area contributed by atoms with Gasteiger partial charge in [0.15, 0.2) is 0 Å². The monoisotopic (exact) mass is 421 g/mol. The lowest BCUT2D eigenvalue weighted by Crippen LogP contribution is -2.06. The van der Waals surface area contributed by atoms with Gasteiger partial charge in [0.2, 0.25) is 0 Å². The summed E-state index contributed by atoms with van der Waals surface area (Å²) in [5.74, 6) is -1.07. The SMILES string of the molecule is CCc1c(CO)cccc1Nc1c(C(=O)O)cnc2[nH]c(-c3ccc(Cl)cc3)cc12. The number of anilines is 2. The summed E-state index contributed by atoms with van der Waals surface area (Å²) in [6.07, 6.45) is 2.04. The zero-order valence-corrected chi connectivity index (χ0v) is 17.0. The number of nitrogens with one attached hydrogen (secondary N) is 2. The molecule has 0 aliphatic carbocycles. The van der Waals surface area contributed by atoms with E-state index in [1.165, 1.54) is 6.20 Å². The number of aromatic amines is 1. The second-order valence-electron chi connectivity index (χ2n) is 6.88. The molecule has 0 saturated heterocycles. The zero-order valence-electron chi connectivity index (χ0n) is 16.2. The van der Waals surface area contributed by atoms with Gasteiger partial charge in [-0.3, -0.25) is 0 Å². The highest BCUT2D eigenvalue weighted by Crippen LogP contribution is 2.34. The Morgan fingerprint density at radius 2 is 1.97 bits per heavy atom. The molecule has 4 rings (SSSR count). The average molecular weight is 422 g/mol. The largest absolute Gasteiger partial charge is 0.478 e. The van der Waals surface area contributed by atoms with Gasteiger partial charge in [0.05, 0.1) is 12.3 Å². The molecule has 0 spiro atoms. The molecule has 2 aromatic carbocycles. The molecule has 6 nitrogen and oxygen atoms in total. The van der Waals surface area contributed by atoms with Gasteiger partial charge in [-0.05, 0) is 47.4 Å². The lowest BCUT2D eigenvalue weighted by molar-refractivity contribution is 0.0697. The van der Waals surface area contributed by atoms with Crippen LogP contribution in [-0.2, 0) is 13.0 Å². The molecule has 0 radical (unpaired) electrons. The number of benzene rings is 2. The number of rotatable bonds is 6. The highest BCUT2D eigenvalue weighted by molar-refractivity contribution is 6.30. The van der Waals surface area contributed by atoms with Crippen molar-refractivity contribution in [3.8, 4) is 11.3 Å². The van der Waals surface area contributed by atoms with Crippen molar-refractivity contribution in [2.45, 2.75) is 20.0 Å². The number of hydrogen-bond donors (Lipinski definition) is 4. The maximum Gasteiger partial charge on any atom is 0.339 e. The van der Waals surface area contributed by atoms with Crippen LogP contribution >= 0.6 is 11.6 Å². The number of aliphatic hydroxyl groups excluding tert-OH is 1. The van der Waals surface area contributed by atoms with Gasteiger partial charge in [-0.2, -0.15) is 0 Å². The number of aromatic carboxylic acids is 1. The van der Waals surface area contributed by atoms with Gasteiger partial charge in [0, 0.05) is 28.0 Å². The Kier molecular flexibility index (Phi) is 5.44. The number of hydrogen-bond acceptors (Lipinski definition) is 4. The van der Waals surface area contributed by atoms with Crippen LogP contribution in [0.15, 0.2) is 54.7 Å². The van der Waals surface area contributed by atoms with Crippen LogP contribution in [0.4, 0.5) is 11.4 Å². The molecule has 0 unspecified atom stereocenters. The summed E-state index contributed by atoms with van der Waals surface area (Å²) in [5.41, 5.74) is 5.32. The van der Waals surface area contributed by atoms with E-state index in [4.69, 9.17) is 11.6 Å². The molecule has 2 heterocycles. The summed E-state index contributed by atoms with van der Waals surface area (Å²) >= 11 is 5.99. The number of carboxylic acids is 1. The van der Waals surface area contributed by atoms with Crippen molar-refractivity contribution >= 4 is 40.0 Å².